The fourth-order valence-electron chi connectivity index (χ4n) is 4.74. The second-order valence-corrected chi connectivity index (χ2v) is 8.54. The van der Waals surface area contributed by atoms with Crippen LogP contribution in [0.15, 0.2) is 78.5 Å². The topological polar surface area (TPSA) is 103 Å². The molecule has 1 aliphatic rings. The molecule has 3 aromatic carbocycles. The SMILES string of the molecule is COc1ccc(F)cc1/C(O)=C1\C(=O)C(=O)N(CCc2c[nH]c3ccccc23)C1c1cccc(O)c1. The first kappa shape index (κ1) is 23.2. The molecule has 0 saturated carbocycles. The number of carbonyl (C=O) groups is 2. The number of phenols is 1. The molecule has 36 heavy (non-hydrogen) atoms. The third-order valence-electron chi connectivity index (χ3n) is 6.44. The minimum absolute atomic E-state index is 0.0442. The number of amides is 1. The second-order valence-electron chi connectivity index (χ2n) is 8.54. The van der Waals surface area contributed by atoms with Gasteiger partial charge in [0.15, 0.2) is 0 Å². The van der Waals surface area contributed by atoms with Gasteiger partial charge in [-0.15, -0.1) is 0 Å². The molecule has 1 aromatic heterocycles. The standard InChI is InChI=1S/C28H23FN2O5/c1-36-23-10-9-18(29)14-21(23)26(33)24-25(16-5-4-6-19(32)13-16)31(28(35)27(24)34)12-11-17-15-30-22-8-3-2-7-20(17)22/h2-10,13-15,25,30,32-33H,11-12H2,1H3/b26-24+. The summed E-state index contributed by atoms with van der Waals surface area (Å²) in [7, 11) is 1.36. The van der Waals surface area contributed by atoms with Gasteiger partial charge in [-0.3, -0.25) is 9.59 Å². The van der Waals surface area contributed by atoms with Crippen molar-refractivity contribution < 1.29 is 28.9 Å². The van der Waals surface area contributed by atoms with Gasteiger partial charge in [-0.1, -0.05) is 30.3 Å². The number of hydrogen-bond donors (Lipinski definition) is 3. The number of Topliss-reactive ketones (excluding diaryl/α,β-unsaturated/α-hetero) is 1. The normalized spacial score (nSPS) is 17.2. The van der Waals surface area contributed by atoms with E-state index in [-0.39, 0.29) is 29.2 Å². The molecule has 8 heteroatoms. The minimum atomic E-state index is -0.990. The highest BCUT2D eigenvalue weighted by Crippen LogP contribution is 2.41. The first-order chi connectivity index (χ1) is 17.4. The van der Waals surface area contributed by atoms with E-state index in [1.54, 1.807) is 12.1 Å². The highest BCUT2D eigenvalue weighted by Gasteiger charge is 2.46. The van der Waals surface area contributed by atoms with Crippen LogP contribution in [0.5, 0.6) is 11.5 Å². The number of methoxy groups -OCH3 is 1. The molecule has 1 atom stereocenters. The van der Waals surface area contributed by atoms with Gasteiger partial charge < -0.3 is 24.8 Å². The summed E-state index contributed by atoms with van der Waals surface area (Å²) in [4.78, 5) is 31.0. The Morgan fingerprint density at radius 2 is 1.89 bits per heavy atom. The lowest BCUT2D eigenvalue weighted by atomic mass is 9.94. The molecule has 0 spiro atoms. The zero-order valence-corrected chi connectivity index (χ0v) is 19.4. The van der Waals surface area contributed by atoms with Crippen molar-refractivity contribution in [3.8, 4) is 11.5 Å². The Hall–Kier alpha value is -4.59. The van der Waals surface area contributed by atoms with E-state index in [2.05, 4.69) is 4.98 Å². The Kier molecular flexibility index (Phi) is 5.93. The van der Waals surface area contributed by atoms with E-state index >= 15 is 0 Å². The summed E-state index contributed by atoms with van der Waals surface area (Å²) in [5, 5.41) is 22.3. The average Bonchev–Trinajstić information content (AvgIpc) is 3.40. The van der Waals surface area contributed by atoms with Crippen LogP contribution in [0, 0.1) is 5.82 Å². The highest BCUT2D eigenvalue weighted by atomic mass is 19.1. The minimum Gasteiger partial charge on any atom is -0.508 e. The number of hydrogen-bond acceptors (Lipinski definition) is 5. The lowest BCUT2D eigenvalue weighted by molar-refractivity contribution is -0.139. The van der Waals surface area contributed by atoms with Crippen LogP contribution in [0.2, 0.25) is 0 Å². The number of likely N-dealkylation sites (tertiary alicyclic amines) is 1. The summed E-state index contributed by atoms with van der Waals surface area (Å²) < 4.78 is 19.3. The van der Waals surface area contributed by atoms with E-state index in [1.807, 2.05) is 30.5 Å². The Bertz CT molecular complexity index is 1520. The molecule has 1 aliphatic heterocycles. The van der Waals surface area contributed by atoms with Crippen molar-refractivity contribution in [3.63, 3.8) is 0 Å². The number of aliphatic hydroxyl groups excluding tert-OH is 1. The van der Waals surface area contributed by atoms with Crippen molar-refractivity contribution >= 4 is 28.4 Å². The summed E-state index contributed by atoms with van der Waals surface area (Å²) in [6.07, 6.45) is 2.30. The molecule has 2 heterocycles. The number of H-pyrrole nitrogens is 1. The average molecular weight is 486 g/mol. The third kappa shape index (κ3) is 3.96. The number of ether oxygens (including phenoxy) is 1. The number of aromatic nitrogens is 1. The number of nitrogens with one attached hydrogen (secondary N) is 1. The van der Waals surface area contributed by atoms with Crippen molar-refractivity contribution in [2.45, 2.75) is 12.5 Å². The molecule has 4 aromatic rings. The number of nitrogens with zero attached hydrogens (tertiary/aromatic N) is 1. The number of aromatic amines is 1. The molecule has 0 radical (unpaired) electrons. The molecule has 1 amide bonds. The number of ketones is 1. The summed E-state index contributed by atoms with van der Waals surface area (Å²) in [5.74, 6) is -2.79. The predicted molar refractivity (Wildman–Crippen MR) is 132 cm³/mol. The van der Waals surface area contributed by atoms with Gasteiger partial charge >= 0.3 is 0 Å². The molecule has 0 aliphatic carbocycles. The lowest BCUT2D eigenvalue weighted by Crippen LogP contribution is -2.31. The van der Waals surface area contributed by atoms with Crippen LogP contribution in [0.3, 0.4) is 0 Å². The van der Waals surface area contributed by atoms with Crippen molar-refractivity contribution in [2.75, 3.05) is 13.7 Å². The molecule has 1 unspecified atom stereocenters. The molecule has 1 saturated heterocycles. The summed E-state index contributed by atoms with van der Waals surface area (Å²) in [6, 6.07) is 16.5. The van der Waals surface area contributed by atoms with E-state index in [9.17, 15) is 24.2 Å². The van der Waals surface area contributed by atoms with E-state index in [4.69, 9.17) is 4.74 Å². The van der Waals surface area contributed by atoms with Crippen LogP contribution in [0.1, 0.15) is 22.7 Å². The number of rotatable bonds is 6. The van der Waals surface area contributed by atoms with Crippen molar-refractivity contribution in [1.29, 1.82) is 0 Å². The number of aliphatic hydroxyl groups is 1. The Labute approximate surface area is 206 Å². The van der Waals surface area contributed by atoms with E-state index in [0.29, 0.717) is 12.0 Å². The van der Waals surface area contributed by atoms with Crippen molar-refractivity contribution in [3.05, 3.63) is 101 Å². The lowest BCUT2D eigenvalue weighted by Gasteiger charge is -2.25. The number of phenolic OH excluding ortho intramolecular Hbond substituents is 1. The van der Waals surface area contributed by atoms with Crippen LogP contribution < -0.4 is 4.74 Å². The Balaban J connectivity index is 1.61. The smallest absolute Gasteiger partial charge is 0.295 e. The number of carbonyl (C=O) groups excluding carboxylic acids is 2. The first-order valence-corrected chi connectivity index (χ1v) is 11.3. The van der Waals surface area contributed by atoms with Crippen molar-refractivity contribution in [2.24, 2.45) is 0 Å². The number of benzene rings is 3. The highest BCUT2D eigenvalue weighted by molar-refractivity contribution is 6.46. The van der Waals surface area contributed by atoms with Crippen molar-refractivity contribution in [1.82, 2.24) is 9.88 Å². The molecule has 0 bridgehead atoms. The van der Waals surface area contributed by atoms with Gasteiger partial charge in [-0.2, -0.15) is 0 Å². The number of fused-ring (bicyclic) bond motifs is 1. The zero-order chi connectivity index (χ0) is 25.4. The van der Waals surface area contributed by atoms with Gasteiger partial charge in [0.2, 0.25) is 0 Å². The maximum absolute atomic E-state index is 14.1. The fraction of sp³-hybridized carbons (Fsp3) is 0.143. The summed E-state index contributed by atoms with van der Waals surface area (Å²) >= 11 is 0. The largest absolute Gasteiger partial charge is 0.508 e. The number of halogens is 1. The number of para-hydroxylation sites is 1. The molecule has 182 valence electrons. The molecular formula is C28H23FN2O5. The van der Waals surface area contributed by atoms with Crippen LogP contribution >= 0.6 is 0 Å². The maximum Gasteiger partial charge on any atom is 0.295 e. The predicted octanol–water partition coefficient (Wildman–Crippen LogP) is 4.69. The second kappa shape index (κ2) is 9.22. The van der Waals surface area contributed by atoms with Gasteiger partial charge in [0.25, 0.3) is 11.7 Å². The Morgan fingerprint density at radius 3 is 2.67 bits per heavy atom. The van der Waals surface area contributed by atoms with Gasteiger partial charge in [-0.25, -0.2) is 4.39 Å². The maximum atomic E-state index is 14.1. The van der Waals surface area contributed by atoms with Gasteiger partial charge in [0, 0.05) is 23.6 Å². The van der Waals surface area contributed by atoms with E-state index in [1.165, 1.54) is 36.3 Å². The molecule has 3 N–H and O–H groups in total. The first-order valence-electron chi connectivity index (χ1n) is 11.3. The van der Waals surface area contributed by atoms with Gasteiger partial charge in [-0.05, 0) is 53.9 Å². The van der Waals surface area contributed by atoms with Crippen LogP contribution in [0.4, 0.5) is 4.39 Å². The summed E-state index contributed by atoms with van der Waals surface area (Å²) in [5.41, 5.74) is 2.11. The van der Waals surface area contributed by atoms with Gasteiger partial charge in [0.1, 0.15) is 23.1 Å². The zero-order valence-electron chi connectivity index (χ0n) is 19.4. The quantitative estimate of drug-likeness (QED) is 0.209. The van der Waals surface area contributed by atoms with Gasteiger partial charge in [0.05, 0.1) is 24.3 Å². The monoisotopic (exact) mass is 486 g/mol. The third-order valence-corrected chi connectivity index (χ3v) is 6.44. The van der Waals surface area contributed by atoms with Crippen LogP contribution in [-0.2, 0) is 16.0 Å². The molecule has 1 fully saturated rings. The van der Waals surface area contributed by atoms with E-state index < -0.39 is 29.3 Å². The van der Waals surface area contributed by atoms with E-state index in [0.717, 1.165) is 22.5 Å². The summed E-state index contributed by atoms with van der Waals surface area (Å²) in [6.45, 7) is 0.170. The fourth-order valence-corrected chi connectivity index (χ4v) is 4.74. The van der Waals surface area contributed by atoms with Crippen LogP contribution in [0.25, 0.3) is 16.7 Å². The molecular weight excluding hydrogens is 463 g/mol. The number of aromatic hydroxyl groups is 1. The molecule has 5 rings (SSSR count). The molecule has 7 nitrogen and oxygen atoms in total. The van der Waals surface area contributed by atoms with Crippen LogP contribution in [-0.4, -0.2) is 45.4 Å². The Morgan fingerprint density at radius 1 is 1.08 bits per heavy atom.